The van der Waals surface area contributed by atoms with Gasteiger partial charge in [-0.1, -0.05) is 41.6 Å². The van der Waals surface area contributed by atoms with Crippen LogP contribution in [0.3, 0.4) is 0 Å². The van der Waals surface area contributed by atoms with E-state index in [1.807, 2.05) is 6.07 Å². The van der Waals surface area contributed by atoms with Crippen LogP contribution in [0.15, 0.2) is 59.3 Å². The van der Waals surface area contributed by atoms with Crippen LogP contribution in [0.2, 0.25) is 0 Å². The average molecular weight is 365 g/mol. The van der Waals surface area contributed by atoms with E-state index in [1.165, 1.54) is 17.3 Å². The Bertz CT molecular complexity index is 1020. The quantitative estimate of drug-likeness (QED) is 0.308. The number of Topliss-reactive ketones (excluding diaryl/α,β-unsaturated/α-hetero) is 1. The van der Waals surface area contributed by atoms with Crippen LogP contribution >= 0.6 is 23.1 Å². The van der Waals surface area contributed by atoms with Crippen LogP contribution in [0.1, 0.15) is 16.1 Å². The topological polar surface area (TPSA) is 58.6 Å². The maximum Gasteiger partial charge on any atom is 0.189 e. The van der Waals surface area contributed by atoms with Gasteiger partial charge in [-0.15, -0.1) is 11.3 Å². The second-order valence-corrected chi connectivity index (χ2v) is 7.49. The fourth-order valence-corrected chi connectivity index (χ4v) is 4.49. The van der Waals surface area contributed by atoms with E-state index in [0.717, 1.165) is 26.4 Å². The normalized spacial score (nSPS) is 11.1. The summed E-state index contributed by atoms with van der Waals surface area (Å²) in [6, 6.07) is 12.1. The molecule has 0 saturated carbocycles. The third kappa shape index (κ3) is 3.23. The first-order chi connectivity index (χ1) is 12.2. The molecule has 25 heavy (non-hydrogen) atoms. The van der Waals surface area contributed by atoms with Crippen LogP contribution in [0.5, 0.6) is 0 Å². The predicted molar refractivity (Wildman–Crippen MR) is 103 cm³/mol. The lowest BCUT2D eigenvalue weighted by molar-refractivity contribution is 0.101. The zero-order valence-electron chi connectivity index (χ0n) is 13.5. The molecular formula is C19H15N3OS2. The number of thioether (sulfide) groups is 1. The summed E-state index contributed by atoms with van der Waals surface area (Å²) in [4.78, 5) is 25.0. The molecule has 0 spiro atoms. The van der Waals surface area contributed by atoms with Gasteiger partial charge in [0.15, 0.2) is 5.78 Å². The van der Waals surface area contributed by atoms with E-state index in [9.17, 15) is 4.79 Å². The van der Waals surface area contributed by atoms with Crippen molar-refractivity contribution >= 4 is 39.1 Å². The fourth-order valence-electron chi connectivity index (χ4n) is 2.62. The van der Waals surface area contributed by atoms with Crippen molar-refractivity contribution in [2.75, 3.05) is 5.75 Å². The van der Waals surface area contributed by atoms with Gasteiger partial charge < -0.3 is 4.98 Å². The van der Waals surface area contributed by atoms with E-state index in [2.05, 4.69) is 51.5 Å². The number of carbonyl (C=O) groups is 1. The number of nitrogens with one attached hydrogen (secondary N) is 1. The molecule has 1 N–H and O–H groups in total. The number of carbonyl (C=O) groups excluding carboxylic acids is 1. The summed E-state index contributed by atoms with van der Waals surface area (Å²) in [5, 5.41) is 3.99. The Labute approximate surface area is 153 Å². The fraction of sp³-hybridized carbons (Fsp3) is 0.105. The zero-order valence-corrected chi connectivity index (χ0v) is 15.2. The van der Waals surface area contributed by atoms with Crippen molar-refractivity contribution in [2.24, 2.45) is 0 Å². The molecule has 0 saturated heterocycles. The summed E-state index contributed by atoms with van der Waals surface area (Å²) < 4.78 is 0. The first-order valence-electron chi connectivity index (χ1n) is 7.81. The van der Waals surface area contributed by atoms with Crippen LogP contribution in [0, 0.1) is 6.92 Å². The SMILES string of the molecule is Cc1ccc(-c2csc3ncnc(SCC(=O)c4ccc[nH]4)c23)cc1. The van der Waals surface area contributed by atoms with Gasteiger partial charge in [-0.3, -0.25) is 4.79 Å². The van der Waals surface area contributed by atoms with Crippen molar-refractivity contribution in [1.29, 1.82) is 0 Å². The highest BCUT2D eigenvalue weighted by atomic mass is 32.2. The number of H-pyrrole nitrogens is 1. The summed E-state index contributed by atoms with van der Waals surface area (Å²) in [7, 11) is 0. The third-order valence-corrected chi connectivity index (χ3v) is 5.81. The maximum absolute atomic E-state index is 12.3. The van der Waals surface area contributed by atoms with Crippen LogP contribution in [0.4, 0.5) is 0 Å². The molecule has 0 radical (unpaired) electrons. The second kappa shape index (κ2) is 6.82. The molecule has 0 aliphatic carbocycles. The van der Waals surface area contributed by atoms with E-state index < -0.39 is 0 Å². The highest BCUT2D eigenvalue weighted by Crippen LogP contribution is 2.37. The first-order valence-corrected chi connectivity index (χ1v) is 9.67. The van der Waals surface area contributed by atoms with Gasteiger partial charge in [-0.25, -0.2) is 9.97 Å². The summed E-state index contributed by atoms with van der Waals surface area (Å²) in [5.41, 5.74) is 4.12. The van der Waals surface area contributed by atoms with E-state index in [-0.39, 0.29) is 5.78 Å². The lowest BCUT2D eigenvalue weighted by Crippen LogP contribution is -2.03. The maximum atomic E-state index is 12.3. The van der Waals surface area contributed by atoms with Gasteiger partial charge in [0.1, 0.15) is 16.2 Å². The highest BCUT2D eigenvalue weighted by molar-refractivity contribution is 8.00. The Morgan fingerprint density at radius 2 is 2.04 bits per heavy atom. The molecular weight excluding hydrogens is 350 g/mol. The minimum Gasteiger partial charge on any atom is -0.359 e. The molecule has 4 aromatic rings. The molecule has 3 heterocycles. The Morgan fingerprint density at radius 3 is 2.80 bits per heavy atom. The molecule has 0 unspecified atom stereocenters. The van der Waals surface area contributed by atoms with Crippen molar-refractivity contribution in [1.82, 2.24) is 15.0 Å². The van der Waals surface area contributed by atoms with Gasteiger partial charge >= 0.3 is 0 Å². The van der Waals surface area contributed by atoms with Crippen molar-refractivity contribution in [3.63, 3.8) is 0 Å². The van der Waals surface area contributed by atoms with Crippen LogP contribution in [0.25, 0.3) is 21.3 Å². The lowest BCUT2D eigenvalue weighted by Gasteiger charge is -2.05. The standard InChI is InChI=1S/C19H15N3OS2/c1-12-4-6-13(7-5-12)14-9-24-18-17(14)19(22-11-21-18)25-10-16(23)15-3-2-8-20-15/h2-9,11,20H,10H2,1H3. The van der Waals surface area contributed by atoms with Crippen LogP contribution in [-0.4, -0.2) is 26.5 Å². The van der Waals surface area contributed by atoms with Crippen molar-refractivity contribution in [2.45, 2.75) is 11.9 Å². The molecule has 3 aromatic heterocycles. The summed E-state index contributed by atoms with van der Waals surface area (Å²) in [6.45, 7) is 2.08. The van der Waals surface area contributed by atoms with Gasteiger partial charge in [-0.05, 0) is 24.6 Å². The van der Waals surface area contributed by atoms with Crippen molar-refractivity contribution < 1.29 is 4.79 Å². The smallest absolute Gasteiger partial charge is 0.189 e. The van der Waals surface area contributed by atoms with E-state index in [0.29, 0.717) is 11.4 Å². The number of aryl methyl sites for hydroxylation is 1. The second-order valence-electron chi connectivity index (χ2n) is 5.67. The van der Waals surface area contributed by atoms with Crippen molar-refractivity contribution in [3.05, 3.63) is 65.6 Å². The van der Waals surface area contributed by atoms with Crippen molar-refractivity contribution in [3.8, 4) is 11.1 Å². The molecule has 0 aliphatic heterocycles. The monoisotopic (exact) mass is 365 g/mol. The van der Waals surface area contributed by atoms with E-state index >= 15 is 0 Å². The molecule has 0 aliphatic rings. The lowest BCUT2D eigenvalue weighted by atomic mass is 10.1. The summed E-state index contributed by atoms with van der Waals surface area (Å²) in [6.07, 6.45) is 3.33. The number of hydrogen-bond donors (Lipinski definition) is 1. The number of rotatable bonds is 5. The summed E-state index contributed by atoms with van der Waals surface area (Å²) >= 11 is 3.06. The van der Waals surface area contributed by atoms with Gasteiger partial charge in [0.25, 0.3) is 0 Å². The van der Waals surface area contributed by atoms with E-state index in [4.69, 9.17) is 0 Å². The van der Waals surface area contributed by atoms with Gasteiger partial charge in [0.05, 0.1) is 16.8 Å². The Balaban J connectivity index is 1.68. The van der Waals surface area contributed by atoms with Gasteiger partial charge in [-0.2, -0.15) is 0 Å². The molecule has 6 heteroatoms. The summed E-state index contributed by atoms with van der Waals surface area (Å²) in [5.74, 6) is 0.407. The number of thiophene rings is 1. The van der Waals surface area contributed by atoms with Crippen LogP contribution in [-0.2, 0) is 0 Å². The van der Waals surface area contributed by atoms with E-state index in [1.54, 1.807) is 29.9 Å². The molecule has 4 nitrogen and oxygen atoms in total. The number of nitrogens with zero attached hydrogens (tertiary/aromatic N) is 2. The molecule has 124 valence electrons. The predicted octanol–water partition coefficient (Wildman–Crippen LogP) is 4.97. The number of hydrogen-bond acceptors (Lipinski definition) is 5. The molecule has 0 amide bonds. The molecule has 4 rings (SSSR count). The Hall–Kier alpha value is -2.44. The van der Waals surface area contributed by atoms with Gasteiger partial charge in [0, 0.05) is 17.1 Å². The number of ketones is 1. The minimum absolute atomic E-state index is 0.0638. The molecule has 0 bridgehead atoms. The Kier molecular flexibility index (Phi) is 4.38. The molecule has 0 fully saturated rings. The highest BCUT2D eigenvalue weighted by Gasteiger charge is 2.15. The Morgan fingerprint density at radius 1 is 1.20 bits per heavy atom. The number of aromatic amines is 1. The number of benzene rings is 1. The number of aromatic nitrogens is 3. The number of fused-ring (bicyclic) bond motifs is 1. The van der Waals surface area contributed by atoms with Crippen LogP contribution < -0.4 is 0 Å². The molecule has 0 atom stereocenters. The zero-order chi connectivity index (χ0) is 17.2. The third-order valence-electron chi connectivity index (χ3n) is 3.94. The van der Waals surface area contributed by atoms with Gasteiger partial charge in [0.2, 0.25) is 0 Å². The average Bonchev–Trinajstić information content (AvgIpc) is 3.30. The first kappa shape index (κ1) is 16.1. The largest absolute Gasteiger partial charge is 0.359 e. The molecule has 1 aromatic carbocycles. The minimum atomic E-state index is 0.0638.